The number of rotatable bonds is 10. The summed E-state index contributed by atoms with van der Waals surface area (Å²) in [6.07, 6.45) is 4.32. The maximum atomic E-state index is 13.5. The van der Waals surface area contributed by atoms with Crippen LogP contribution < -0.4 is 11.1 Å². The lowest BCUT2D eigenvalue weighted by molar-refractivity contribution is -0.143. The molecule has 0 radical (unpaired) electrons. The van der Waals surface area contributed by atoms with Gasteiger partial charge in [-0.2, -0.15) is 0 Å². The van der Waals surface area contributed by atoms with E-state index in [0.29, 0.717) is 30.8 Å². The van der Waals surface area contributed by atoms with Crippen molar-refractivity contribution in [3.8, 4) is 0 Å². The summed E-state index contributed by atoms with van der Waals surface area (Å²) in [5.74, 6) is 0.528. The minimum atomic E-state index is -0.276. The van der Waals surface area contributed by atoms with Gasteiger partial charge in [-0.3, -0.25) is 15.0 Å². The first-order valence-corrected chi connectivity index (χ1v) is 12.5. The minimum Gasteiger partial charge on any atom is -0.466 e. The number of halogens is 1. The third-order valence-corrected chi connectivity index (χ3v) is 6.76. The Morgan fingerprint density at radius 2 is 1.84 bits per heavy atom. The second-order valence-corrected chi connectivity index (χ2v) is 9.13. The van der Waals surface area contributed by atoms with E-state index < -0.39 is 0 Å². The second-order valence-electron chi connectivity index (χ2n) is 9.13. The fraction of sp³-hybridized carbons (Fsp3) is 0.407. The molecule has 1 saturated carbocycles. The third-order valence-electron chi connectivity index (χ3n) is 6.76. The molecule has 2 aromatic carbocycles. The molecule has 0 atom stereocenters. The molecule has 4 N–H and O–H groups in total. The zero-order chi connectivity index (χ0) is 25.7. The van der Waals surface area contributed by atoms with Crippen LogP contribution in [0.15, 0.2) is 42.5 Å². The number of nitrogens with two attached hydrogens (primary N) is 1. The van der Waals surface area contributed by atoms with Gasteiger partial charge in [0.05, 0.1) is 30.6 Å². The van der Waals surface area contributed by atoms with Crippen molar-refractivity contribution in [2.24, 2.45) is 12.8 Å². The predicted molar refractivity (Wildman–Crippen MR) is 147 cm³/mol. The molecule has 37 heavy (non-hydrogen) atoms. The molecule has 1 fully saturated rings. The van der Waals surface area contributed by atoms with Crippen LogP contribution in [0.2, 0.25) is 0 Å². The standard InChI is InChI=1S/C27H34N6O3.ClH/c1-3-36-25(34)14-15-33(21-6-4-5-7-21)27(35)19-10-13-23-22(16-19)31-24(32(23)2)17-30-20-11-8-18(9-12-20)26(28)29;/h8-13,16,21,30H,3-7,14-15,17H2,1-2H3,(H3,28,29);1H. The Balaban J connectivity index is 0.00000380. The van der Waals surface area contributed by atoms with E-state index in [1.54, 1.807) is 19.1 Å². The fourth-order valence-electron chi connectivity index (χ4n) is 4.77. The number of aromatic nitrogens is 2. The molecule has 0 aliphatic heterocycles. The molecule has 9 nitrogen and oxygen atoms in total. The van der Waals surface area contributed by atoms with E-state index >= 15 is 0 Å². The van der Waals surface area contributed by atoms with Crippen LogP contribution in [0, 0.1) is 5.41 Å². The zero-order valence-corrected chi connectivity index (χ0v) is 22.1. The van der Waals surface area contributed by atoms with Crippen molar-refractivity contribution in [1.29, 1.82) is 5.41 Å². The maximum Gasteiger partial charge on any atom is 0.307 e. The van der Waals surface area contributed by atoms with Gasteiger partial charge in [0.1, 0.15) is 11.7 Å². The van der Waals surface area contributed by atoms with Crippen LogP contribution in [-0.2, 0) is 23.1 Å². The van der Waals surface area contributed by atoms with E-state index in [-0.39, 0.29) is 42.6 Å². The van der Waals surface area contributed by atoms with Crippen molar-refractivity contribution in [2.45, 2.75) is 51.6 Å². The van der Waals surface area contributed by atoms with Crippen molar-refractivity contribution in [1.82, 2.24) is 14.5 Å². The Bertz CT molecular complexity index is 1250. The lowest BCUT2D eigenvalue weighted by Gasteiger charge is -2.29. The summed E-state index contributed by atoms with van der Waals surface area (Å²) < 4.78 is 7.08. The second kappa shape index (κ2) is 12.6. The topological polar surface area (TPSA) is 126 Å². The number of ether oxygens (including phenoxy) is 1. The van der Waals surface area contributed by atoms with Crippen molar-refractivity contribution in [3.63, 3.8) is 0 Å². The number of hydrogen-bond donors (Lipinski definition) is 3. The number of nitrogens with zero attached hydrogens (tertiary/aromatic N) is 3. The quantitative estimate of drug-likeness (QED) is 0.206. The fourth-order valence-corrected chi connectivity index (χ4v) is 4.77. The number of amides is 1. The number of carbonyl (C=O) groups is 2. The molecule has 1 amide bonds. The smallest absolute Gasteiger partial charge is 0.307 e. The highest BCUT2D eigenvalue weighted by Crippen LogP contribution is 2.26. The van der Waals surface area contributed by atoms with Gasteiger partial charge in [-0.25, -0.2) is 4.98 Å². The lowest BCUT2D eigenvalue weighted by Crippen LogP contribution is -2.40. The highest BCUT2D eigenvalue weighted by Gasteiger charge is 2.28. The molecule has 198 valence electrons. The number of imidazole rings is 1. The van der Waals surface area contributed by atoms with E-state index in [2.05, 4.69) is 5.32 Å². The summed E-state index contributed by atoms with van der Waals surface area (Å²) in [5.41, 5.74) is 9.37. The van der Waals surface area contributed by atoms with Gasteiger partial charge in [0.25, 0.3) is 5.91 Å². The number of nitrogens with one attached hydrogen (secondary N) is 2. The van der Waals surface area contributed by atoms with Gasteiger partial charge in [-0.05, 0) is 62.2 Å². The molecular formula is C27H35ClN6O3. The molecule has 3 aromatic rings. The molecule has 1 heterocycles. The van der Waals surface area contributed by atoms with Gasteiger partial charge < -0.3 is 25.3 Å². The summed E-state index contributed by atoms with van der Waals surface area (Å²) in [4.78, 5) is 32.1. The molecule has 1 aliphatic carbocycles. The van der Waals surface area contributed by atoms with Gasteiger partial charge in [0, 0.05) is 36.4 Å². The average molecular weight is 527 g/mol. The Morgan fingerprint density at radius 1 is 1.16 bits per heavy atom. The summed E-state index contributed by atoms with van der Waals surface area (Å²) in [7, 11) is 1.96. The Kier molecular flexibility index (Phi) is 9.52. The number of amidine groups is 1. The van der Waals surface area contributed by atoms with E-state index in [1.807, 2.05) is 46.8 Å². The van der Waals surface area contributed by atoms with Crippen molar-refractivity contribution < 1.29 is 14.3 Å². The average Bonchev–Trinajstić information content (AvgIpc) is 3.51. The highest BCUT2D eigenvalue weighted by molar-refractivity contribution is 5.98. The molecule has 0 unspecified atom stereocenters. The first-order valence-electron chi connectivity index (χ1n) is 12.5. The zero-order valence-electron chi connectivity index (χ0n) is 21.3. The Morgan fingerprint density at radius 3 is 2.49 bits per heavy atom. The van der Waals surface area contributed by atoms with Crippen LogP contribution >= 0.6 is 12.4 Å². The molecular weight excluding hydrogens is 492 g/mol. The van der Waals surface area contributed by atoms with Crippen LogP contribution in [0.5, 0.6) is 0 Å². The van der Waals surface area contributed by atoms with Crippen LogP contribution in [0.3, 0.4) is 0 Å². The minimum absolute atomic E-state index is 0. The molecule has 0 saturated heterocycles. The van der Waals surface area contributed by atoms with E-state index in [4.69, 9.17) is 20.9 Å². The molecule has 1 aliphatic rings. The van der Waals surface area contributed by atoms with Crippen molar-refractivity contribution in [2.75, 3.05) is 18.5 Å². The van der Waals surface area contributed by atoms with E-state index in [1.165, 1.54) is 0 Å². The number of benzene rings is 2. The normalized spacial score (nSPS) is 13.2. The predicted octanol–water partition coefficient (Wildman–Crippen LogP) is 4.23. The van der Waals surface area contributed by atoms with Crippen LogP contribution in [-0.4, -0.2) is 51.4 Å². The number of fused-ring (bicyclic) bond motifs is 1. The Hall–Kier alpha value is -3.59. The van der Waals surface area contributed by atoms with Gasteiger partial charge >= 0.3 is 5.97 Å². The van der Waals surface area contributed by atoms with Gasteiger partial charge in [-0.1, -0.05) is 12.8 Å². The number of hydrogen-bond acceptors (Lipinski definition) is 6. The molecule has 0 bridgehead atoms. The van der Waals surface area contributed by atoms with Gasteiger partial charge in [0.2, 0.25) is 0 Å². The monoisotopic (exact) mass is 526 g/mol. The molecule has 0 spiro atoms. The number of aryl methyl sites for hydroxylation is 1. The first-order chi connectivity index (χ1) is 17.4. The van der Waals surface area contributed by atoms with Crippen molar-refractivity contribution >= 4 is 46.8 Å². The van der Waals surface area contributed by atoms with Gasteiger partial charge in [-0.15, -0.1) is 12.4 Å². The molecule has 1 aromatic heterocycles. The molecule has 10 heteroatoms. The summed E-state index contributed by atoms with van der Waals surface area (Å²) in [5, 5.41) is 10.9. The van der Waals surface area contributed by atoms with Gasteiger partial charge in [0.15, 0.2) is 0 Å². The van der Waals surface area contributed by atoms with Crippen LogP contribution in [0.25, 0.3) is 11.0 Å². The number of esters is 1. The number of carbonyl (C=O) groups excluding carboxylic acids is 2. The molecule has 4 rings (SSSR count). The lowest BCUT2D eigenvalue weighted by atomic mass is 10.1. The number of nitrogen functional groups attached to an aromatic ring is 1. The van der Waals surface area contributed by atoms with Crippen LogP contribution in [0.4, 0.5) is 5.69 Å². The summed E-state index contributed by atoms with van der Waals surface area (Å²) in [6.45, 7) is 2.99. The SMILES string of the molecule is CCOC(=O)CCN(C(=O)c1ccc2c(c1)nc(CNc1ccc(C(=N)N)cc1)n2C)C1CCCC1.Cl. The van der Waals surface area contributed by atoms with Crippen LogP contribution in [0.1, 0.15) is 60.8 Å². The van der Waals surface area contributed by atoms with E-state index in [9.17, 15) is 9.59 Å². The number of anilines is 1. The summed E-state index contributed by atoms with van der Waals surface area (Å²) in [6, 6.07) is 13.1. The van der Waals surface area contributed by atoms with Crippen molar-refractivity contribution in [3.05, 3.63) is 59.4 Å². The maximum absolute atomic E-state index is 13.5. The Labute approximate surface area is 223 Å². The van der Waals surface area contributed by atoms with E-state index in [0.717, 1.165) is 48.2 Å². The highest BCUT2D eigenvalue weighted by atomic mass is 35.5. The first kappa shape index (κ1) is 28.0. The third kappa shape index (κ3) is 6.60. The summed E-state index contributed by atoms with van der Waals surface area (Å²) >= 11 is 0. The largest absolute Gasteiger partial charge is 0.466 e.